The summed E-state index contributed by atoms with van der Waals surface area (Å²) in [5.41, 5.74) is 9.56. The lowest BCUT2D eigenvalue weighted by Gasteiger charge is -2.14. The number of benzene rings is 6. The Kier molecular flexibility index (Phi) is 6.20. The van der Waals surface area contributed by atoms with E-state index in [0.717, 1.165) is 44.8 Å². The van der Waals surface area contributed by atoms with E-state index in [1.807, 2.05) is 36.4 Å². The summed E-state index contributed by atoms with van der Waals surface area (Å²) in [7, 11) is 0. The molecule has 2 heteroatoms. The first-order valence-corrected chi connectivity index (χ1v) is 13.5. The maximum atomic E-state index is 5.12. The van der Waals surface area contributed by atoms with E-state index in [4.69, 9.17) is 9.97 Å². The Bertz CT molecular complexity index is 1870. The summed E-state index contributed by atoms with van der Waals surface area (Å²) < 4.78 is 0. The number of rotatable bonds is 5. The molecule has 0 saturated carbocycles. The van der Waals surface area contributed by atoms with Gasteiger partial charge in [-0.05, 0) is 57.3 Å². The lowest BCUT2D eigenvalue weighted by Crippen LogP contribution is -1.97. The zero-order valence-corrected chi connectivity index (χ0v) is 21.9. The standard InChI is InChI=1S/C38H26N2/c1-4-13-27(14-5-1)31-23-32(35-22-12-20-28-15-10-11-21-34(28)35)25-33(24-31)38-39-36(29-16-6-2-7-17-29)26-37(40-38)30-18-8-3-9-19-30/h1-26H. The largest absolute Gasteiger partial charge is 0.228 e. The maximum Gasteiger partial charge on any atom is 0.160 e. The van der Waals surface area contributed by atoms with Crippen LogP contribution in [-0.4, -0.2) is 9.97 Å². The summed E-state index contributed by atoms with van der Waals surface area (Å²) in [6.45, 7) is 0. The minimum absolute atomic E-state index is 0.708. The third-order valence-electron chi connectivity index (χ3n) is 7.26. The van der Waals surface area contributed by atoms with Crippen molar-refractivity contribution in [3.8, 4) is 56.2 Å². The van der Waals surface area contributed by atoms with Crippen LogP contribution in [0.2, 0.25) is 0 Å². The van der Waals surface area contributed by atoms with Crippen LogP contribution in [0.4, 0.5) is 0 Å². The molecule has 0 unspecified atom stereocenters. The Morgan fingerprint density at radius 3 is 1.48 bits per heavy atom. The van der Waals surface area contributed by atoms with E-state index in [9.17, 15) is 0 Å². The van der Waals surface area contributed by atoms with Crippen molar-refractivity contribution < 1.29 is 0 Å². The minimum Gasteiger partial charge on any atom is -0.228 e. The average molecular weight is 511 g/mol. The third-order valence-corrected chi connectivity index (χ3v) is 7.26. The van der Waals surface area contributed by atoms with E-state index in [0.29, 0.717) is 5.82 Å². The van der Waals surface area contributed by atoms with Gasteiger partial charge >= 0.3 is 0 Å². The quantitative estimate of drug-likeness (QED) is 0.230. The molecule has 0 aliphatic rings. The molecule has 0 aliphatic carbocycles. The highest BCUT2D eigenvalue weighted by Gasteiger charge is 2.14. The molecular formula is C38H26N2. The summed E-state index contributed by atoms with van der Waals surface area (Å²) in [5.74, 6) is 0.708. The van der Waals surface area contributed by atoms with Gasteiger partial charge in [-0.15, -0.1) is 0 Å². The fourth-order valence-electron chi connectivity index (χ4n) is 5.28. The van der Waals surface area contributed by atoms with E-state index in [1.54, 1.807) is 0 Å². The van der Waals surface area contributed by atoms with Crippen molar-refractivity contribution in [2.45, 2.75) is 0 Å². The smallest absolute Gasteiger partial charge is 0.160 e. The van der Waals surface area contributed by atoms with Crippen LogP contribution < -0.4 is 0 Å². The molecule has 0 saturated heterocycles. The first-order valence-electron chi connectivity index (χ1n) is 13.5. The Balaban J connectivity index is 1.48. The molecule has 1 heterocycles. The van der Waals surface area contributed by atoms with Crippen molar-refractivity contribution in [3.63, 3.8) is 0 Å². The second-order valence-corrected chi connectivity index (χ2v) is 9.89. The van der Waals surface area contributed by atoms with Crippen LogP contribution in [0.5, 0.6) is 0 Å². The van der Waals surface area contributed by atoms with Gasteiger partial charge in [0.2, 0.25) is 0 Å². The highest BCUT2D eigenvalue weighted by Crippen LogP contribution is 2.36. The third kappa shape index (κ3) is 4.68. The topological polar surface area (TPSA) is 25.8 Å². The Labute approximate surface area is 234 Å². The van der Waals surface area contributed by atoms with Gasteiger partial charge in [0.25, 0.3) is 0 Å². The molecule has 188 valence electrons. The number of hydrogen-bond donors (Lipinski definition) is 0. The van der Waals surface area contributed by atoms with E-state index < -0.39 is 0 Å². The lowest BCUT2D eigenvalue weighted by atomic mass is 9.93. The molecule has 2 nitrogen and oxygen atoms in total. The van der Waals surface area contributed by atoms with Gasteiger partial charge in [-0.3, -0.25) is 0 Å². The molecular weight excluding hydrogens is 484 g/mol. The first-order chi connectivity index (χ1) is 19.8. The molecule has 0 N–H and O–H groups in total. The molecule has 0 spiro atoms. The highest BCUT2D eigenvalue weighted by atomic mass is 14.9. The van der Waals surface area contributed by atoms with Gasteiger partial charge in [-0.25, -0.2) is 9.97 Å². The summed E-state index contributed by atoms with van der Waals surface area (Å²) in [6, 6.07) is 55.0. The Hall–Kier alpha value is -5.34. The molecule has 0 bridgehead atoms. The van der Waals surface area contributed by atoms with E-state index >= 15 is 0 Å². The monoisotopic (exact) mass is 510 g/mol. The second kappa shape index (κ2) is 10.4. The van der Waals surface area contributed by atoms with Crippen molar-refractivity contribution >= 4 is 10.8 Å². The summed E-state index contributed by atoms with van der Waals surface area (Å²) in [6.07, 6.45) is 0. The van der Waals surface area contributed by atoms with Crippen LogP contribution in [0.3, 0.4) is 0 Å². The second-order valence-electron chi connectivity index (χ2n) is 9.89. The Morgan fingerprint density at radius 1 is 0.325 bits per heavy atom. The molecule has 40 heavy (non-hydrogen) atoms. The van der Waals surface area contributed by atoms with Crippen molar-refractivity contribution in [1.82, 2.24) is 9.97 Å². The molecule has 0 atom stereocenters. The van der Waals surface area contributed by atoms with Crippen molar-refractivity contribution in [3.05, 3.63) is 158 Å². The van der Waals surface area contributed by atoms with Crippen molar-refractivity contribution in [2.75, 3.05) is 0 Å². The van der Waals surface area contributed by atoms with Crippen LogP contribution in [0, 0.1) is 0 Å². The number of nitrogens with zero attached hydrogens (tertiary/aromatic N) is 2. The summed E-state index contributed by atoms with van der Waals surface area (Å²) >= 11 is 0. The van der Waals surface area contributed by atoms with E-state index in [-0.39, 0.29) is 0 Å². The molecule has 6 aromatic carbocycles. The molecule has 7 rings (SSSR count). The van der Waals surface area contributed by atoms with Gasteiger partial charge in [-0.2, -0.15) is 0 Å². The van der Waals surface area contributed by atoms with Crippen LogP contribution in [-0.2, 0) is 0 Å². The molecule has 7 aromatic rings. The predicted octanol–water partition coefficient (Wildman–Crippen LogP) is 9.96. The predicted molar refractivity (Wildman–Crippen MR) is 167 cm³/mol. The van der Waals surface area contributed by atoms with Crippen LogP contribution in [0.15, 0.2) is 158 Å². The maximum absolute atomic E-state index is 5.12. The summed E-state index contributed by atoms with van der Waals surface area (Å²) in [4.78, 5) is 10.2. The van der Waals surface area contributed by atoms with Gasteiger partial charge in [0.1, 0.15) is 0 Å². The Morgan fingerprint density at radius 2 is 0.825 bits per heavy atom. The van der Waals surface area contributed by atoms with E-state index in [2.05, 4.69) is 121 Å². The fourth-order valence-corrected chi connectivity index (χ4v) is 5.28. The number of hydrogen-bond acceptors (Lipinski definition) is 2. The lowest BCUT2D eigenvalue weighted by molar-refractivity contribution is 1.18. The zero-order chi connectivity index (χ0) is 26.7. The fraction of sp³-hybridized carbons (Fsp3) is 0. The van der Waals surface area contributed by atoms with Gasteiger partial charge < -0.3 is 0 Å². The van der Waals surface area contributed by atoms with Gasteiger partial charge in [0.15, 0.2) is 5.82 Å². The van der Waals surface area contributed by atoms with Crippen molar-refractivity contribution in [2.24, 2.45) is 0 Å². The van der Waals surface area contributed by atoms with Crippen molar-refractivity contribution in [1.29, 1.82) is 0 Å². The van der Waals surface area contributed by atoms with Crippen LogP contribution in [0.25, 0.3) is 66.9 Å². The minimum atomic E-state index is 0.708. The summed E-state index contributed by atoms with van der Waals surface area (Å²) in [5, 5.41) is 2.45. The molecule has 0 amide bonds. The number of aromatic nitrogens is 2. The molecule has 0 radical (unpaired) electrons. The van der Waals surface area contributed by atoms with Gasteiger partial charge in [-0.1, -0.05) is 133 Å². The first kappa shape index (κ1) is 23.8. The average Bonchev–Trinajstić information content (AvgIpc) is 3.05. The van der Waals surface area contributed by atoms with E-state index in [1.165, 1.54) is 16.3 Å². The molecule has 0 fully saturated rings. The normalized spacial score (nSPS) is 11.0. The molecule has 0 aliphatic heterocycles. The van der Waals surface area contributed by atoms with Crippen LogP contribution in [0.1, 0.15) is 0 Å². The SMILES string of the molecule is c1ccc(-c2cc(-c3nc(-c4ccccc4)cc(-c4ccccc4)n3)cc(-c3cccc4ccccc34)c2)cc1. The van der Waals surface area contributed by atoms with Gasteiger partial charge in [0, 0.05) is 16.7 Å². The zero-order valence-electron chi connectivity index (χ0n) is 21.9. The van der Waals surface area contributed by atoms with Crippen LogP contribution >= 0.6 is 0 Å². The molecule has 1 aromatic heterocycles. The number of fused-ring (bicyclic) bond motifs is 1. The highest BCUT2D eigenvalue weighted by molar-refractivity contribution is 5.98. The van der Waals surface area contributed by atoms with Gasteiger partial charge in [0.05, 0.1) is 11.4 Å².